The minimum atomic E-state index is 0.121. The Hall–Kier alpha value is -0.880. The van der Waals surface area contributed by atoms with Crippen LogP contribution in [0.4, 0.5) is 0 Å². The summed E-state index contributed by atoms with van der Waals surface area (Å²) in [5.74, 6) is 0. The van der Waals surface area contributed by atoms with E-state index in [9.17, 15) is 0 Å². The monoisotopic (exact) mass is 190 g/mol. The number of hydrogen-bond donors (Lipinski definition) is 3. The molecule has 4 nitrogen and oxygen atoms in total. The second-order valence-electron chi connectivity index (χ2n) is 1.67. The second kappa shape index (κ2) is 4.86. The molecule has 0 fully saturated rings. The molecule has 0 aliphatic carbocycles. The van der Waals surface area contributed by atoms with Crippen molar-refractivity contribution in [3.8, 4) is 0 Å². The predicted molar refractivity (Wildman–Crippen MR) is 53.4 cm³/mol. The molecule has 0 spiro atoms. The number of nitrogens with two attached hydrogens (primary N) is 2. The molecule has 0 bridgehead atoms. The summed E-state index contributed by atoms with van der Waals surface area (Å²) < 4.78 is 0. The smallest absolute Gasteiger partial charge is 0.189 e. The maximum absolute atomic E-state index is 5.30. The van der Waals surface area contributed by atoms with Gasteiger partial charge in [0.2, 0.25) is 0 Å². The van der Waals surface area contributed by atoms with Crippen molar-refractivity contribution in [2.45, 2.75) is 6.92 Å². The van der Waals surface area contributed by atoms with Gasteiger partial charge in [0.1, 0.15) is 0 Å². The van der Waals surface area contributed by atoms with E-state index in [2.05, 4.69) is 29.9 Å². The molecule has 62 valence electrons. The van der Waals surface area contributed by atoms with E-state index >= 15 is 0 Å². The number of hydrogen-bond acceptors (Lipinski definition) is 2. The van der Waals surface area contributed by atoms with Gasteiger partial charge in [0.05, 0.1) is 0 Å². The van der Waals surface area contributed by atoms with Crippen LogP contribution in [0.2, 0.25) is 0 Å². The molecule has 0 aromatic rings. The average Bonchev–Trinajstić information content (AvgIpc) is 1.86. The molecule has 0 aliphatic heterocycles. The first kappa shape index (κ1) is 10.1. The average molecular weight is 190 g/mol. The molecular formula is C5H10N4S2. The van der Waals surface area contributed by atoms with E-state index in [0.29, 0.717) is 0 Å². The summed E-state index contributed by atoms with van der Waals surface area (Å²) in [6.45, 7) is 1.83. The lowest BCUT2D eigenvalue weighted by Crippen LogP contribution is -2.47. The van der Waals surface area contributed by atoms with Gasteiger partial charge in [-0.25, -0.2) is 5.01 Å². The molecule has 0 radical (unpaired) electrons. The van der Waals surface area contributed by atoms with Gasteiger partial charge in [-0.15, -0.1) is 0 Å². The molecule has 11 heavy (non-hydrogen) atoms. The lowest BCUT2D eigenvalue weighted by atomic mass is 10.7. The number of thiocarbonyl (C=S) groups is 2. The van der Waals surface area contributed by atoms with Crippen LogP contribution in [0.3, 0.4) is 0 Å². The lowest BCUT2D eigenvalue weighted by Gasteiger charge is -2.18. The standard InChI is InChI=1S/C5H10N4S2/c1-2-3-9(5(7)11)8-4(6)10/h2-3H,1H3,(H2,7,11)(H3,6,8,10)/b3-2-. The van der Waals surface area contributed by atoms with Crippen molar-refractivity contribution in [3.05, 3.63) is 12.3 Å². The highest BCUT2D eigenvalue weighted by atomic mass is 32.1. The Bertz CT molecular complexity index is 189. The van der Waals surface area contributed by atoms with Gasteiger partial charge in [-0.2, -0.15) is 0 Å². The zero-order valence-electron chi connectivity index (χ0n) is 6.07. The molecule has 0 aromatic carbocycles. The Kier molecular flexibility index (Phi) is 4.47. The molecule has 0 atom stereocenters. The minimum absolute atomic E-state index is 0.121. The van der Waals surface area contributed by atoms with Crippen LogP contribution >= 0.6 is 24.4 Å². The Balaban J connectivity index is 4.11. The molecule has 6 heteroatoms. The van der Waals surface area contributed by atoms with Gasteiger partial charge in [-0.05, 0) is 31.4 Å². The molecule has 0 heterocycles. The Morgan fingerprint density at radius 3 is 2.27 bits per heavy atom. The maximum Gasteiger partial charge on any atom is 0.189 e. The fourth-order valence-electron chi connectivity index (χ4n) is 0.434. The van der Waals surface area contributed by atoms with Crippen LogP contribution in [0, 0.1) is 0 Å². The van der Waals surface area contributed by atoms with Crippen molar-refractivity contribution >= 4 is 34.7 Å². The number of nitrogens with one attached hydrogen (secondary N) is 1. The SMILES string of the molecule is C/C=C\N(NC(N)=S)C(N)=S. The zero-order chi connectivity index (χ0) is 8.85. The second-order valence-corrected chi connectivity index (χ2v) is 2.52. The van der Waals surface area contributed by atoms with Gasteiger partial charge in [0, 0.05) is 6.20 Å². The van der Waals surface area contributed by atoms with Gasteiger partial charge in [0.15, 0.2) is 10.2 Å². The highest BCUT2D eigenvalue weighted by molar-refractivity contribution is 7.80. The van der Waals surface area contributed by atoms with Gasteiger partial charge in [-0.3, -0.25) is 5.43 Å². The largest absolute Gasteiger partial charge is 0.375 e. The fraction of sp³-hybridized carbons (Fsp3) is 0.200. The topological polar surface area (TPSA) is 67.3 Å². The van der Waals surface area contributed by atoms with E-state index in [1.807, 2.05) is 6.92 Å². The molecule has 0 rings (SSSR count). The first-order chi connectivity index (χ1) is 5.07. The predicted octanol–water partition coefficient (Wildman–Crippen LogP) is -0.186. The number of hydrazine groups is 1. The van der Waals surface area contributed by atoms with Crippen LogP contribution in [0.25, 0.3) is 0 Å². The minimum Gasteiger partial charge on any atom is -0.375 e. The van der Waals surface area contributed by atoms with E-state index in [1.165, 1.54) is 5.01 Å². The molecular weight excluding hydrogens is 180 g/mol. The van der Waals surface area contributed by atoms with E-state index in [4.69, 9.17) is 11.5 Å². The third-order valence-electron chi connectivity index (χ3n) is 0.766. The number of allylic oxidation sites excluding steroid dienone is 1. The number of rotatable bonds is 1. The summed E-state index contributed by atoms with van der Waals surface area (Å²) in [5, 5.41) is 1.64. The van der Waals surface area contributed by atoms with Crippen LogP contribution in [-0.2, 0) is 0 Å². The molecule has 0 unspecified atom stereocenters. The van der Waals surface area contributed by atoms with Crippen molar-refractivity contribution < 1.29 is 0 Å². The first-order valence-corrected chi connectivity index (χ1v) is 3.67. The van der Waals surface area contributed by atoms with Crippen molar-refractivity contribution in [2.75, 3.05) is 0 Å². The first-order valence-electron chi connectivity index (χ1n) is 2.85. The summed E-state index contributed by atoms with van der Waals surface area (Å²) in [4.78, 5) is 0. The molecule has 5 N–H and O–H groups in total. The molecule has 0 saturated heterocycles. The Labute approximate surface area is 76.2 Å². The Morgan fingerprint density at radius 1 is 1.45 bits per heavy atom. The van der Waals surface area contributed by atoms with Crippen molar-refractivity contribution in [1.29, 1.82) is 0 Å². The van der Waals surface area contributed by atoms with E-state index in [0.717, 1.165) is 0 Å². The summed E-state index contributed by atoms with van der Waals surface area (Å²) in [7, 11) is 0. The third-order valence-corrected chi connectivity index (χ3v) is 1.05. The normalized spacial score (nSPS) is 9.55. The van der Waals surface area contributed by atoms with Crippen LogP contribution in [0.15, 0.2) is 12.3 Å². The van der Waals surface area contributed by atoms with Gasteiger partial charge < -0.3 is 11.5 Å². The van der Waals surface area contributed by atoms with Gasteiger partial charge in [-0.1, -0.05) is 6.08 Å². The highest BCUT2D eigenvalue weighted by Gasteiger charge is 1.99. The quantitative estimate of drug-likeness (QED) is 0.393. The van der Waals surface area contributed by atoms with E-state index < -0.39 is 0 Å². The summed E-state index contributed by atoms with van der Waals surface area (Å²) in [5.41, 5.74) is 13.1. The highest BCUT2D eigenvalue weighted by Crippen LogP contribution is 1.83. The van der Waals surface area contributed by atoms with Crippen LogP contribution in [-0.4, -0.2) is 15.2 Å². The fourth-order valence-corrected chi connectivity index (χ4v) is 0.638. The van der Waals surface area contributed by atoms with Gasteiger partial charge in [0.25, 0.3) is 0 Å². The van der Waals surface area contributed by atoms with Crippen molar-refractivity contribution in [1.82, 2.24) is 10.4 Å². The van der Waals surface area contributed by atoms with Gasteiger partial charge >= 0.3 is 0 Å². The summed E-state index contributed by atoms with van der Waals surface area (Å²) in [6, 6.07) is 0. The van der Waals surface area contributed by atoms with E-state index in [1.54, 1.807) is 12.3 Å². The van der Waals surface area contributed by atoms with Crippen LogP contribution in [0.5, 0.6) is 0 Å². The lowest BCUT2D eigenvalue weighted by molar-refractivity contribution is 0.511. The molecule has 0 saturated carbocycles. The van der Waals surface area contributed by atoms with Crippen LogP contribution < -0.4 is 16.9 Å². The van der Waals surface area contributed by atoms with Crippen molar-refractivity contribution in [3.63, 3.8) is 0 Å². The van der Waals surface area contributed by atoms with E-state index in [-0.39, 0.29) is 10.2 Å². The Morgan fingerprint density at radius 2 is 2.00 bits per heavy atom. The molecule has 0 aliphatic rings. The summed E-state index contributed by atoms with van der Waals surface area (Å²) >= 11 is 9.26. The summed E-state index contributed by atoms with van der Waals surface area (Å²) in [6.07, 6.45) is 3.38. The van der Waals surface area contributed by atoms with Crippen LogP contribution in [0.1, 0.15) is 6.92 Å². The molecule has 0 amide bonds. The number of nitrogens with zero attached hydrogens (tertiary/aromatic N) is 1. The van der Waals surface area contributed by atoms with Crippen molar-refractivity contribution in [2.24, 2.45) is 11.5 Å². The third kappa shape index (κ3) is 4.51. The maximum atomic E-state index is 5.30. The molecule has 0 aromatic heterocycles. The zero-order valence-corrected chi connectivity index (χ0v) is 7.71.